The van der Waals surface area contributed by atoms with Crippen molar-refractivity contribution in [2.45, 2.75) is 51.3 Å². The van der Waals surface area contributed by atoms with Crippen LogP contribution in [-0.4, -0.2) is 52.1 Å². The van der Waals surface area contributed by atoms with E-state index < -0.39 is 30.0 Å². The molecular weight excluding hydrogens is 575 g/mol. The van der Waals surface area contributed by atoms with Crippen LogP contribution < -0.4 is 39.4 Å². The predicted octanol–water partition coefficient (Wildman–Crippen LogP) is 2.66. The average Bonchev–Trinajstić information content (AvgIpc) is 2.88. The number of rotatable bonds is 9. The van der Waals surface area contributed by atoms with Gasteiger partial charge < -0.3 is 18.9 Å². The molecule has 0 amide bonds. The molecule has 0 N–H and O–H groups in total. The predicted molar refractivity (Wildman–Crippen MR) is 156 cm³/mol. The molecule has 0 fully saturated rings. The van der Waals surface area contributed by atoms with Crippen LogP contribution in [0, 0.1) is 13.8 Å². The second-order valence-electron chi connectivity index (χ2n) is 9.66. The monoisotopic (exact) mass is 608 g/mol. The first-order valence-electron chi connectivity index (χ1n) is 13.2. The van der Waals surface area contributed by atoms with Crippen LogP contribution in [0.3, 0.4) is 0 Å². The summed E-state index contributed by atoms with van der Waals surface area (Å²) in [6.45, 7) is 15.1. The van der Waals surface area contributed by atoms with E-state index in [1.807, 2.05) is 65.8 Å². The summed E-state index contributed by atoms with van der Waals surface area (Å²) in [5, 5.41) is 1.11. The van der Waals surface area contributed by atoms with Crippen molar-refractivity contribution in [3.8, 4) is 11.1 Å². The maximum Gasteiger partial charge on any atom is 1.00 e. The summed E-state index contributed by atoms with van der Waals surface area (Å²) in [6, 6.07) is 10.5. The number of hydrogen-bond donors (Lipinski definition) is 0. The third kappa shape index (κ3) is 6.41. The van der Waals surface area contributed by atoms with E-state index in [1.165, 1.54) is 6.07 Å². The maximum atomic E-state index is 12.5. The van der Waals surface area contributed by atoms with Gasteiger partial charge in [-0.2, -0.15) is 0 Å². The topological polar surface area (TPSA) is 132 Å². The number of nitrogens with zero attached hydrogens (tertiary/aromatic N) is 2. The fraction of sp³-hybridized carbons (Fsp3) is 0.345. The molecule has 0 saturated carbocycles. The smallest absolute Gasteiger partial charge is 0.744 e. The van der Waals surface area contributed by atoms with E-state index in [2.05, 4.69) is 9.80 Å². The van der Waals surface area contributed by atoms with Crippen LogP contribution in [0.1, 0.15) is 38.8 Å². The van der Waals surface area contributed by atoms with Crippen molar-refractivity contribution in [2.75, 3.05) is 36.0 Å². The first kappa shape index (κ1) is 33.3. The Morgan fingerprint density at radius 1 is 0.683 bits per heavy atom. The van der Waals surface area contributed by atoms with Gasteiger partial charge in [0.25, 0.3) is 0 Å². The van der Waals surface area contributed by atoms with Crippen LogP contribution in [0.25, 0.3) is 33.1 Å². The number of fused-ring (bicyclic) bond motifs is 2. The number of aryl methyl sites for hydroxylation is 2. The zero-order valence-corrected chi connectivity index (χ0v) is 28.1. The Hall–Kier alpha value is -2.25. The normalized spacial score (nSPS) is 12.0. The Kier molecular flexibility index (Phi) is 10.2. The summed E-state index contributed by atoms with van der Waals surface area (Å²) in [6.07, 6.45) is 0. The van der Waals surface area contributed by atoms with Crippen molar-refractivity contribution in [1.82, 2.24) is 0 Å². The average molecular weight is 609 g/mol. The van der Waals surface area contributed by atoms with Gasteiger partial charge in [-0.25, -0.2) is 21.3 Å². The van der Waals surface area contributed by atoms with Crippen molar-refractivity contribution in [3.63, 3.8) is 0 Å². The molecule has 0 spiro atoms. The van der Waals surface area contributed by atoms with Crippen molar-refractivity contribution in [2.24, 2.45) is 0 Å². The molecule has 41 heavy (non-hydrogen) atoms. The van der Waals surface area contributed by atoms with Crippen molar-refractivity contribution < 1.29 is 59.9 Å². The van der Waals surface area contributed by atoms with E-state index in [0.29, 0.717) is 33.6 Å². The molecule has 214 valence electrons. The van der Waals surface area contributed by atoms with Crippen LogP contribution in [-0.2, 0) is 20.2 Å². The molecule has 4 aromatic rings. The largest absolute Gasteiger partial charge is 1.00 e. The summed E-state index contributed by atoms with van der Waals surface area (Å²) in [5.74, 6) is 0. The second kappa shape index (κ2) is 12.5. The SMILES string of the molecule is CCN(CC)c1cc2[o+]c3cc(N(CC)CC)c(C)cc3c(-c3ccc(S(=O)(=O)[O-])cc3S(=O)(=O)[O-])c2cc1C.[Na+]. The van der Waals surface area contributed by atoms with Crippen molar-refractivity contribution >= 4 is 53.5 Å². The fourth-order valence-electron chi connectivity index (χ4n) is 5.35. The zero-order valence-electron chi connectivity index (χ0n) is 24.4. The Labute approximate surface area is 263 Å². The van der Waals surface area contributed by atoms with Crippen LogP contribution in [0.5, 0.6) is 0 Å². The minimum Gasteiger partial charge on any atom is -0.744 e. The van der Waals surface area contributed by atoms with Gasteiger partial charge >= 0.3 is 40.7 Å². The molecule has 1 heterocycles. The molecule has 0 unspecified atom stereocenters. The van der Waals surface area contributed by atoms with Gasteiger partial charge in [0.05, 0.1) is 32.7 Å². The molecule has 0 bridgehead atoms. The van der Waals surface area contributed by atoms with Gasteiger partial charge in [-0.05, 0) is 76.9 Å². The van der Waals surface area contributed by atoms with E-state index in [0.717, 1.165) is 54.7 Å². The van der Waals surface area contributed by atoms with Crippen LogP contribution in [0.15, 0.2) is 56.7 Å². The number of hydrogen-bond acceptors (Lipinski definition) is 8. The third-order valence-electron chi connectivity index (χ3n) is 7.34. The molecule has 0 saturated heterocycles. The minimum atomic E-state index is -5.18. The van der Waals surface area contributed by atoms with Crippen molar-refractivity contribution in [3.05, 3.63) is 53.6 Å². The molecule has 4 rings (SSSR count). The van der Waals surface area contributed by atoms with Gasteiger partial charge in [0.2, 0.25) is 0 Å². The number of anilines is 2. The Morgan fingerprint density at radius 3 is 1.49 bits per heavy atom. The Balaban J connectivity index is 0.00000462. The molecule has 1 aromatic heterocycles. The van der Waals surface area contributed by atoms with Crippen LogP contribution in [0.4, 0.5) is 11.4 Å². The van der Waals surface area contributed by atoms with Gasteiger partial charge in [-0.1, -0.05) is 6.07 Å². The van der Waals surface area contributed by atoms with Gasteiger partial charge in [-0.3, -0.25) is 0 Å². The minimum absolute atomic E-state index is 0. The fourth-order valence-corrected chi connectivity index (χ4v) is 6.63. The van der Waals surface area contributed by atoms with Gasteiger partial charge in [0, 0.05) is 48.7 Å². The first-order valence-corrected chi connectivity index (χ1v) is 16.0. The summed E-state index contributed by atoms with van der Waals surface area (Å²) in [4.78, 5) is 2.77. The summed E-state index contributed by atoms with van der Waals surface area (Å²) in [7, 11) is -10.2. The van der Waals surface area contributed by atoms with E-state index in [9.17, 15) is 25.9 Å². The van der Waals surface area contributed by atoms with Gasteiger partial charge in [0.15, 0.2) is 0 Å². The van der Waals surface area contributed by atoms with E-state index >= 15 is 0 Å². The molecule has 0 radical (unpaired) electrons. The van der Waals surface area contributed by atoms with Gasteiger partial charge in [0.1, 0.15) is 20.2 Å². The van der Waals surface area contributed by atoms with Crippen LogP contribution >= 0.6 is 0 Å². The Bertz CT molecular complexity index is 1760. The van der Waals surface area contributed by atoms with E-state index in [-0.39, 0.29) is 35.1 Å². The van der Waals surface area contributed by atoms with E-state index in [1.54, 1.807) is 0 Å². The number of benzene rings is 3. The molecule has 12 heteroatoms. The molecule has 3 aromatic carbocycles. The van der Waals surface area contributed by atoms with Crippen LogP contribution in [0.2, 0.25) is 0 Å². The zero-order chi connectivity index (χ0) is 29.6. The summed E-state index contributed by atoms with van der Waals surface area (Å²) >= 11 is 0. The Morgan fingerprint density at radius 2 is 1.12 bits per heavy atom. The third-order valence-corrected chi connectivity index (χ3v) is 9.05. The first-order chi connectivity index (χ1) is 18.7. The quantitative estimate of drug-likeness (QED) is 0.122. The molecule has 0 aliphatic carbocycles. The summed E-state index contributed by atoms with van der Waals surface area (Å²) in [5.41, 5.74) is 5.07. The van der Waals surface area contributed by atoms with E-state index in [4.69, 9.17) is 4.42 Å². The molecule has 0 aliphatic rings. The molecular formula is C29H33N2NaO7S2. The standard InChI is InChI=1S/C29H34N2O7S2.Na/c1-7-30(8-2)24-16-26-22(13-18(24)5)29(21-12-11-20(39(32,33)34)15-28(21)40(35,36)37)23-14-19(6)25(17-27(23)38-26)31(9-3)10-4;/h11-17H,7-10H2,1-6H3,(H-,32,33,34,35,36,37);/q;+1/p-1. The summed E-state index contributed by atoms with van der Waals surface area (Å²) < 4.78 is 79.0. The molecule has 0 aliphatic heterocycles. The second-order valence-corrected chi connectivity index (χ2v) is 12.4. The van der Waals surface area contributed by atoms with Gasteiger partial charge in [-0.15, -0.1) is 0 Å². The maximum absolute atomic E-state index is 12.5. The molecule has 0 atom stereocenters. The van der Waals surface area contributed by atoms with Crippen molar-refractivity contribution in [1.29, 1.82) is 0 Å². The molecule has 9 nitrogen and oxygen atoms in total.